The summed E-state index contributed by atoms with van der Waals surface area (Å²) < 4.78 is 0. The minimum Gasteiger partial charge on any atom is -0.478 e. The molecule has 0 aliphatic heterocycles. The molecule has 0 bridgehead atoms. The van der Waals surface area contributed by atoms with Gasteiger partial charge in [0.1, 0.15) is 0 Å². The van der Waals surface area contributed by atoms with Crippen LogP contribution in [-0.2, 0) is 0 Å². The highest BCUT2D eigenvalue weighted by atomic mass is 16.4. The predicted molar refractivity (Wildman–Crippen MR) is 88.0 cm³/mol. The van der Waals surface area contributed by atoms with Gasteiger partial charge in [0.25, 0.3) is 0 Å². The molecule has 1 N–H and O–H groups in total. The molecule has 3 nitrogen and oxygen atoms in total. The number of rotatable bonds is 1. The molecule has 1 aromatic rings. The van der Waals surface area contributed by atoms with Gasteiger partial charge in [0.05, 0.1) is 5.56 Å². The van der Waals surface area contributed by atoms with Crippen LogP contribution >= 0.6 is 0 Å². The first-order valence-electron chi connectivity index (χ1n) is 8.82. The highest BCUT2D eigenvalue weighted by Gasteiger charge is 2.51. The topological polar surface area (TPSA) is 54.4 Å². The van der Waals surface area contributed by atoms with Crippen LogP contribution in [0.15, 0.2) is 12.1 Å². The third kappa shape index (κ3) is 2.09. The van der Waals surface area contributed by atoms with E-state index in [0.717, 1.165) is 17.5 Å². The number of aromatic carboxylic acids is 1. The van der Waals surface area contributed by atoms with E-state index in [1.807, 2.05) is 13.0 Å². The van der Waals surface area contributed by atoms with Gasteiger partial charge in [-0.05, 0) is 73.0 Å². The van der Waals surface area contributed by atoms with E-state index in [1.54, 1.807) is 6.07 Å². The third-order valence-corrected chi connectivity index (χ3v) is 6.97. The Hall–Kier alpha value is -1.64. The number of ketones is 1. The SMILES string of the molecule is Cc1cc2c(cc1C(=O)O)C(=O)C[C@@H]1[C@@H]2CC[C@]2(C)CCC[C@@H]12. The van der Waals surface area contributed by atoms with Gasteiger partial charge in [-0.3, -0.25) is 4.79 Å². The molecular weight excluding hydrogens is 288 g/mol. The van der Waals surface area contributed by atoms with Gasteiger partial charge in [0.2, 0.25) is 0 Å². The van der Waals surface area contributed by atoms with E-state index in [2.05, 4.69) is 6.92 Å². The number of carbonyl (C=O) groups excluding carboxylic acids is 1. The molecular formula is C20H24O3. The second-order valence-corrected chi connectivity index (χ2v) is 8.15. The first kappa shape index (κ1) is 14.9. The van der Waals surface area contributed by atoms with Crippen molar-refractivity contribution in [2.45, 2.75) is 58.3 Å². The molecule has 3 aliphatic rings. The highest BCUT2D eigenvalue weighted by molar-refractivity contribution is 6.02. The molecule has 0 spiro atoms. The third-order valence-electron chi connectivity index (χ3n) is 6.97. The molecule has 0 heterocycles. The monoisotopic (exact) mass is 312 g/mol. The second-order valence-electron chi connectivity index (χ2n) is 8.15. The number of benzene rings is 1. The fourth-order valence-corrected chi connectivity index (χ4v) is 5.78. The zero-order chi connectivity index (χ0) is 16.4. The van der Waals surface area contributed by atoms with E-state index in [1.165, 1.54) is 25.7 Å². The van der Waals surface area contributed by atoms with E-state index in [-0.39, 0.29) is 11.3 Å². The lowest BCUT2D eigenvalue weighted by atomic mass is 9.55. The van der Waals surface area contributed by atoms with E-state index in [9.17, 15) is 14.7 Å². The van der Waals surface area contributed by atoms with Crippen molar-refractivity contribution >= 4 is 11.8 Å². The normalized spacial score (nSPS) is 35.4. The Bertz CT molecular complexity index is 705. The molecule has 4 rings (SSSR count). The summed E-state index contributed by atoms with van der Waals surface area (Å²) in [5.41, 5.74) is 3.29. The average molecular weight is 312 g/mol. The van der Waals surface area contributed by atoms with E-state index in [4.69, 9.17) is 0 Å². The van der Waals surface area contributed by atoms with Gasteiger partial charge in [-0.1, -0.05) is 19.4 Å². The van der Waals surface area contributed by atoms with Crippen LogP contribution in [0.3, 0.4) is 0 Å². The Morgan fingerprint density at radius 3 is 2.78 bits per heavy atom. The Balaban J connectivity index is 1.80. The van der Waals surface area contributed by atoms with Gasteiger partial charge >= 0.3 is 5.97 Å². The number of carbonyl (C=O) groups is 2. The van der Waals surface area contributed by atoms with E-state index >= 15 is 0 Å². The van der Waals surface area contributed by atoms with Crippen molar-refractivity contribution in [3.8, 4) is 0 Å². The van der Waals surface area contributed by atoms with Gasteiger partial charge in [-0.2, -0.15) is 0 Å². The number of carboxylic acid groups (broad SMARTS) is 1. The number of fused-ring (bicyclic) bond motifs is 5. The lowest BCUT2D eigenvalue weighted by Gasteiger charge is -2.48. The zero-order valence-electron chi connectivity index (χ0n) is 13.9. The van der Waals surface area contributed by atoms with Crippen LogP contribution in [0.5, 0.6) is 0 Å². The molecule has 4 atom stereocenters. The van der Waals surface area contributed by atoms with Crippen molar-refractivity contribution in [1.82, 2.24) is 0 Å². The summed E-state index contributed by atoms with van der Waals surface area (Å²) in [6.45, 7) is 4.26. The Kier molecular flexibility index (Phi) is 3.20. The molecule has 2 saturated carbocycles. The van der Waals surface area contributed by atoms with Gasteiger partial charge < -0.3 is 5.11 Å². The van der Waals surface area contributed by atoms with Crippen LogP contribution in [-0.4, -0.2) is 16.9 Å². The Morgan fingerprint density at radius 2 is 2.04 bits per heavy atom. The molecule has 2 fully saturated rings. The standard InChI is InChI=1S/C20H24O3/c1-11-8-14-12-5-7-20(2)6-3-4-17(20)15(12)10-18(21)16(14)9-13(11)19(22)23/h8-9,12,15,17H,3-7,10H2,1-2H3,(H,22,23)/t12-,15-,17+,20+/m1/s1. The maximum Gasteiger partial charge on any atom is 0.335 e. The zero-order valence-corrected chi connectivity index (χ0v) is 13.9. The molecule has 3 aliphatic carbocycles. The predicted octanol–water partition coefficient (Wildman–Crippen LogP) is 4.58. The maximum absolute atomic E-state index is 12.7. The second kappa shape index (κ2) is 4.93. The van der Waals surface area contributed by atoms with Crippen molar-refractivity contribution in [3.05, 3.63) is 34.4 Å². The molecule has 0 radical (unpaired) electrons. The summed E-state index contributed by atoms with van der Waals surface area (Å²) in [5, 5.41) is 9.33. The first-order valence-corrected chi connectivity index (χ1v) is 8.82. The van der Waals surface area contributed by atoms with Gasteiger partial charge in [0, 0.05) is 12.0 Å². The molecule has 0 unspecified atom stereocenters. The fourth-order valence-electron chi connectivity index (χ4n) is 5.78. The Morgan fingerprint density at radius 1 is 1.26 bits per heavy atom. The number of hydrogen-bond donors (Lipinski definition) is 1. The quantitative estimate of drug-likeness (QED) is 0.826. The van der Waals surface area contributed by atoms with Crippen molar-refractivity contribution in [2.24, 2.45) is 17.3 Å². The van der Waals surface area contributed by atoms with Crippen LogP contribution in [0, 0.1) is 24.2 Å². The van der Waals surface area contributed by atoms with Crippen molar-refractivity contribution in [1.29, 1.82) is 0 Å². The van der Waals surface area contributed by atoms with Crippen LogP contribution in [0.4, 0.5) is 0 Å². The number of aryl methyl sites for hydroxylation is 1. The molecule has 23 heavy (non-hydrogen) atoms. The number of Topliss-reactive ketones (excluding diaryl/α,β-unsaturated/α-hetero) is 1. The minimum atomic E-state index is -0.938. The minimum absolute atomic E-state index is 0.153. The first-order chi connectivity index (χ1) is 10.9. The summed E-state index contributed by atoms with van der Waals surface area (Å²) in [4.78, 5) is 24.1. The lowest BCUT2D eigenvalue weighted by molar-refractivity contribution is 0.0527. The van der Waals surface area contributed by atoms with Crippen LogP contribution in [0.25, 0.3) is 0 Å². The van der Waals surface area contributed by atoms with Gasteiger partial charge in [-0.15, -0.1) is 0 Å². The molecule has 0 saturated heterocycles. The van der Waals surface area contributed by atoms with E-state index in [0.29, 0.717) is 35.2 Å². The van der Waals surface area contributed by atoms with Crippen LogP contribution in [0.1, 0.15) is 83.2 Å². The van der Waals surface area contributed by atoms with Crippen molar-refractivity contribution < 1.29 is 14.7 Å². The summed E-state index contributed by atoms with van der Waals surface area (Å²) in [7, 11) is 0. The molecule has 3 heteroatoms. The number of carboxylic acids is 1. The van der Waals surface area contributed by atoms with Crippen molar-refractivity contribution in [3.63, 3.8) is 0 Å². The van der Waals surface area contributed by atoms with Crippen LogP contribution < -0.4 is 0 Å². The lowest BCUT2D eigenvalue weighted by Crippen LogP contribution is -2.41. The maximum atomic E-state index is 12.7. The smallest absolute Gasteiger partial charge is 0.335 e. The van der Waals surface area contributed by atoms with Gasteiger partial charge in [-0.25, -0.2) is 4.79 Å². The molecule has 1 aromatic carbocycles. The molecule has 122 valence electrons. The summed E-state index contributed by atoms with van der Waals surface area (Å²) in [6.07, 6.45) is 6.85. The largest absolute Gasteiger partial charge is 0.478 e. The van der Waals surface area contributed by atoms with Crippen LogP contribution in [0.2, 0.25) is 0 Å². The summed E-state index contributed by atoms with van der Waals surface area (Å²) in [5.74, 6) is 0.789. The van der Waals surface area contributed by atoms with Gasteiger partial charge in [0.15, 0.2) is 5.78 Å². The van der Waals surface area contributed by atoms with Crippen molar-refractivity contribution in [2.75, 3.05) is 0 Å². The molecule has 0 amide bonds. The van der Waals surface area contributed by atoms with E-state index < -0.39 is 5.97 Å². The number of hydrogen-bond acceptors (Lipinski definition) is 2. The summed E-state index contributed by atoms with van der Waals surface area (Å²) >= 11 is 0. The summed E-state index contributed by atoms with van der Waals surface area (Å²) in [6, 6.07) is 3.62. The highest BCUT2D eigenvalue weighted by Crippen LogP contribution is 2.60. The molecule has 0 aromatic heterocycles. The fraction of sp³-hybridized carbons (Fsp3) is 0.600. The Labute approximate surface area is 137 Å². The average Bonchev–Trinajstić information content (AvgIpc) is 2.88.